The van der Waals surface area contributed by atoms with Crippen molar-refractivity contribution in [1.82, 2.24) is 0 Å². The van der Waals surface area contributed by atoms with E-state index in [1.165, 1.54) is 4.70 Å². The second kappa shape index (κ2) is 5.38. The number of anilines is 1. The number of carbonyl (C=O) groups is 1. The summed E-state index contributed by atoms with van der Waals surface area (Å²) in [5.74, 6) is -0.105. The minimum atomic E-state index is -0.105. The Morgan fingerprint density at radius 2 is 2.00 bits per heavy atom. The fourth-order valence-electron chi connectivity index (χ4n) is 2.05. The maximum absolute atomic E-state index is 12.3. The number of aryl methyl sites for hydroxylation is 1. The maximum Gasteiger partial charge on any atom is 0.256 e. The molecule has 3 rings (SSSR count). The molecule has 0 spiro atoms. The van der Waals surface area contributed by atoms with Gasteiger partial charge in [-0.2, -0.15) is 0 Å². The number of halogens is 1. The lowest BCUT2D eigenvalue weighted by Crippen LogP contribution is -2.12. The van der Waals surface area contributed by atoms with Gasteiger partial charge in [0.2, 0.25) is 0 Å². The molecule has 20 heavy (non-hydrogen) atoms. The van der Waals surface area contributed by atoms with Crippen molar-refractivity contribution in [2.45, 2.75) is 6.92 Å². The normalized spacial score (nSPS) is 10.7. The molecule has 0 atom stereocenters. The summed E-state index contributed by atoms with van der Waals surface area (Å²) in [4.78, 5) is 12.3. The predicted molar refractivity (Wildman–Crippen MR) is 88.7 cm³/mol. The van der Waals surface area contributed by atoms with Gasteiger partial charge >= 0.3 is 0 Å². The molecule has 0 fully saturated rings. The Morgan fingerprint density at radius 1 is 1.15 bits per heavy atom. The highest BCUT2D eigenvalue weighted by molar-refractivity contribution is 9.10. The third-order valence-electron chi connectivity index (χ3n) is 3.08. The summed E-state index contributed by atoms with van der Waals surface area (Å²) in [6, 6.07) is 13.7. The fourth-order valence-corrected chi connectivity index (χ4v) is 3.49. The molecule has 0 saturated heterocycles. The molecule has 2 aromatic carbocycles. The summed E-state index contributed by atoms with van der Waals surface area (Å²) in [5.41, 5.74) is 2.57. The highest BCUT2D eigenvalue weighted by Crippen LogP contribution is 2.25. The first kappa shape index (κ1) is 13.3. The molecule has 1 aromatic heterocycles. The Balaban J connectivity index is 1.87. The second-order valence-electron chi connectivity index (χ2n) is 4.61. The van der Waals surface area contributed by atoms with Crippen molar-refractivity contribution < 1.29 is 4.79 Å². The maximum atomic E-state index is 12.3. The topological polar surface area (TPSA) is 29.1 Å². The van der Waals surface area contributed by atoms with Crippen molar-refractivity contribution in [3.63, 3.8) is 0 Å². The van der Waals surface area contributed by atoms with Gasteiger partial charge in [-0.15, -0.1) is 11.3 Å². The Labute approximate surface area is 129 Å². The standard InChI is InChI=1S/C16H12BrNOS/c1-10-2-4-13(14(17)8-10)16(19)18-12-3-5-15-11(9-12)6-7-20-15/h2-9H,1H3,(H,18,19). The minimum Gasteiger partial charge on any atom is -0.322 e. The van der Waals surface area contributed by atoms with Gasteiger partial charge in [0.15, 0.2) is 0 Å². The van der Waals surface area contributed by atoms with Gasteiger partial charge in [-0.3, -0.25) is 4.79 Å². The Kier molecular flexibility index (Phi) is 3.59. The fraction of sp³-hybridized carbons (Fsp3) is 0.0625. The van der Waals surface area contributed by atoms with Crippen LogP contribution in [0.4, 0.5) is 5.69 Å². The average molecular weight is 346 g/mol. The zero-order valence-electron chi connectivity index (χ0n) is 10.8. The third-order valence-corrected chi connectivity index (χ3v) is 4.63. The van der Waals surface area contributed by atoms with Crippen molar-refractivity contribution in [3.05, 3.63) is 63.4 Å². The molecule has 100 valence electrons. The molecule has 4 heteroatoms. The van der Waals surface area contributed by atoms with E-state index in [9.17, 15) is 4.79 Å². The van der Waals surface area contributed by atoms with Crippen LogP contribution in [0.5, 0.6) is 0 Å². The van der Waals surface area contributed by atoms with Gasteiger partial charge in [0.05, 0.1) is 5.56 Å². The Hall–Kier alpha value is -1.65. The van der Waals surface area contributed by atoms with Gasteiger partial charge < -0.3 is 5.32 Å². The van der Waals surface area contributed by atoms with Crippen molar-refractivity contribution in [2.75, 3.05) is 5.32 Å². The molecular weight excluding hydrogens is 334 g/mol. The predicted octanol–water partition coefficient (Wildman–Crippen LogP) is 5.22. The second-order valence-corrected chi connectivity index (χ2v) is 6.41. The number of carbonyl (C=O) groups excluding carboxylic acids is 1. The molecule has 0 unspecified atom stereocenters. The van der Waals surface area contributed by atoms with E-state index in [4.69, 9.17) is 0 Å². The summed E-state index contributed by atoms with van der Waals surface area (Å²) >= 11 is 5.13. The molecule has 0 aliphatic rings. The number of rotatable bonds is 2. The molecule has 2 nitrogen and oxygen atoms in total. The van der Waals surface area contributed by atoms with Crippen LogP contribution in [0.15, 0.2) is 52.3 Å². The molecule has 0 radical (unpaired) electrons. The van der Waals surface area contributed by atoms with E-state index in [1.807, 2.05) is 48.7 Å². The zero-order chi connectivity index (χ0) is 14.1. The van der Waals surface area contributed by atoms with Gasteiger partial charge in [0.25, 0.3) is 5.91 Å². The van der Waals surface area contributed by atoms with Crippen LogP contribution in [0.25, 0.3) is 10.1 Å². The summed E-state index contributed by atoms with van der Waals surface area (Å²) in [6.45, 7) is 2.00. The van der Waals surface area contributed by atoms with E-state index in [-0.39, 0.29) is 5.91 Å². The van der Waals surface area contributed by atoms with Gasteiger partial charge in [-0.25, -0.2) is 0 Å². The molecule has 1 heterocycles. The molecule has 1 N–H and O–H groups in total. The molecular formula is C16H12BrNOS. The van der Waals surface area contributed by atoms with Crippen molar-refractivity contribution in [3.8, 4) is 0 Å². The van der Waals surface area contributed by atoms with Crippen LogP contribution in [0.3, 0.4) is 0 Å². The summed E-state index contributed by atoms with van der Waals surface area (Å²) in [5, 5.41) is 6.13. The summed E-state index contributed by atoms with van der Waals surface area (Å²) in [7, 11) is 0. The van der Waals surface area contributed by atoms with Crippen LogP contribution in [-0.4, -0.2) is 5.91 Å². The van der Waals surface area contributed by atoms with Crippen LogP contribution in [0, 0.1) is 6.92 Å². The van der Waals surface area contributed by atoms with Crippen LogP contribution < -0.4 is 5.32 Å². The van der Waals surface area contributed by atoms with E-state index in [0.717, 1.165) is 21.1 Å². The Morgan fingerprint density at radius 3 is 2.80 bits per heavy atom. The molecule has 3 aromatic rings. The number of amides is 1. The monoisotopic (exact) mass is 345 g/mol. The first-order chi connectivity index (χ1) is 9.63. The number of hydrogen-bond donors (Lipinski definition) is 1. The lowest BCUT2D eigenvalue weighted by atomic mass is 10.1. The lowest BCUT2D eigenvalue weighted by Gasteiger charge is -2.07. The third kappa shape index (κ3) is 2.62. The van der Waals surface area contributed by atoms with Crippen molar-refractivity contribution >= 4 is 48.9 Å². The highest BCUT2D eigenvalue weighted by atomic mass is 79.9. The molecule has 0 saturated carbocycles. The van der Waals surface area contributed by atoms with E-state index in [0.29, 0.717) is 5.56 Å². The van der Waals surface area contributed by atoms with E-state index in [2.05, 4.69) is 27.3 Å². The summed E-state index contributed by atoms with van der Waals surface area (Å²) in [6.07, 6.45) is 0. The average Bonchev–Trinajstić information content (AvgIpc) is 2.85. The number of hydrogen-bond acceptors (Lipinski definition) is 2. The van der Waals surface area contributed by atoms with Gasteiger partial charge in [0, 0.05) is 14.9 Å². The largest absolute Gasteiger partial charge is 0.322 e. The van der Waals surface area contributed by atoms with E-state index >= 15 is 0 Å². The lowest BCUT2D eigenvalue weighted by molar-refractivity contribution is 0.102. The minimum absolute atomic E-state index is 0.105. The van der Waals surface area contributed by atoms with Gasteiger partial charge in [-0.1, -0.05) is 6.07 Å². The first-order valence-corrected chi connectivity index (χ1v) is 7.85. The number of nitrogens with one attached hydrogen (secondary N) is 1. The van der Waals surface area contributed by atoms with Crippen LogP contribution in [0.2, 0.25) is 0 Å². The molecule has 1 amide bonds. The highest BCUT2D eigenvalue weighted by Gasteiger charge is 2.10. The van der Waals surface area contributed by atoms with Crippen molar-refractivity contribution in [2.24, 2.45) is 0 Å². The first-order valence-electron chi connectivity index (χ1n) is 6.18. The van der Waals surface area contributed by atoms with Gasteiger partial charge in [0.1, 0.15) is 0 Å². The van der Waals surface area contributed by atoms with Crippen LogP contribution >= 0.6 is 27.3 Å². The number of fused-ring (bicyclic) bond motifs is 1. The van der Waals surface area contributed by atoms with Crippen LogP contribution in [-0.2, 0) is 0 Å². The molecule has 0 aliphatic heterocycles. The molecule has 0 bridgehead atoms. The number of benzene rings is 2. The van der Waals surface area contributed by atoms with Crippen LogP contribution in [0.1, 0.15) is 15.9 Å². The summed E-state index contributed by atoms with van der Waals surface area (Å²) < 4.78 is 2.03. The smallest absolute Gasteiger partial charge is 0.256 e. The van der Waals surface area contributed by atoms with Crippen molar-refractivity contribution in [1.29, 1.82) is 0 Å². The number of thiophene rings is 1. The Bertz CT molecular complexity index is 794. The molecule has 0 aliphatic carbocycles. The quantitative estimate of drug-likeness (QED) is 0.677. The zero-order valence-corrected chi connectivity index (χ0v) is 13.2. The SMILES string of the molecule is Cc1ccc(C(=O)Nc2ccc3sccc3c2)c(Br)c1. The van der Waals surface area contributed by atoms with E-state index < -0.39 is 0 Å². The van der Waals surface area contributed by atoms with E-state index in [1.54, 1.807) is 11.3 Å². The van der Waals surface area contributed by atoms with Gasteiger partial charge in [-0.05, 0) is 75.6 Å².